The number of nitrogens with two attached hydrogens (primary N) is 1. The molecule has 0 spiro atoms. The lowest BCUT2D eigenvalue weighted by molar-refractivity contribution is -0.137. The maximum absolute atomic E-state index is 13.2. The van der Waals surface area contributed by atoms with Gasteiger partial charge in [-0.2, -0.15) is 13.2 Å². The molecule has 2 aromatic carbocycles. The summed E-state index contributed by atoms with van der Waals surface area (Å²) in [4.78, 5) is 0. The molecule has 0 aliphatic carbocycles. The molecule has 0 fully saturated rings. The molecule has 0 saturated heterocycles. The Bertz CT molecular complexity index is 629. The predicted octanol–water partition coefficient (Wildman–Crippen LogP) is 4.36. The van der Waals surface area contributed by atoms with Gasteiger partial charge in [-0.3, -0.25) is 0 Å². The summed E-state index contributed by atoms with van der Waals surface area (Å²) in [7, 11) is 0. The van der Waals surface area contributed by atoms with Crippen LogP contribution in [0.2, 0.25) is 5.02 Å². The van der Waals surface area contributed by atoms with Gasteiger partial charge in [0, 0.05) is 11.6 Å². The summed E-state index contributed by atoms with van der Waals surface area (Å²) in [5.41, 5.74) is 4.97. The van der Waals surface area contributed by atoms with Gasteiger partial charge in [0.05, 0.1) is 5.56 Å². The van der Waals surface area contributed by atoms with Crippen LogP contribution in [0.4, 0.5) is 13.2 Å². The van der Waals surface area contributed by atoms with E-state index >= 15 is 0 Å². The van der Waals surface area contributed by atoms with Crippen molar-refractivity contribution in [3.63, 3.8) is 0 Å². The van der Waals surface area contributed by atoms with Crippen molar-refractivity contribution in [2.24, 2.45) is 5.73 Å². The lowest BCUT2D eigenvalue weighted by atomic mass is 9.99. The maximum atomic E-state index is 13.2. The van der Waals surface area contributed by atoms with Crippen LogP contribution >= 0.6 is 11.6 Å². The molecule has 6 heteroatoms. The maximum Gasteiger partial charge on any atom is 0.417 e. The second kappa shape index (κ2) is 6.37. The number of hydrogen-bond acceptors (Lipinski definition) is 2. The van der Waals surface area contributed by atoms with Crippen LogP contribution in [0.1, 0.15) is 5.56 Å². The first-order valence-corrected chi connectivity index (χ1v) is 6.59. The predicted molar refractivity (Wildman–Crippen MR) is 76.4 cm³/mol. The summed E-state index contributed by atoms with van der Waals surface area (Å²) in [6.45, 7) is 0.394. The first-order valence-electron chi connectivity index (χ1n) is 6.22. The molecule has 0 radical (unpaired) electrons. The van der Waals surface area contributed by atoms with Crippen LogP contribution in [0.15, 0.2) is 42.5 Å². The van der Waals surface area contributed by atoms with Crippen LogP contribution in [0, 0.1) is 0 Å². The Hall–Kier alpha value is -1.72. The number of rotatable bonds is 4. The molecular formula is C15H13ClF3NO. The Labute approximate surface area is 125 Å². The van der Waals surface area contributed by atoms with Crippen LogP contribution in [0.5, 0.6) is 5.75 Å². The van der Waals surface area contributed by atoms with Crippen molar-refractivity contribution in [1.82, 2.24) is 0 Å². The van der Waals surface area contributed by atoms with Gasteiger partial charge in [0.25, 0.3) is 0 Å². The largest absolute Gasteiger partial charge is 0.492 e. The zero-order valence-corrected chi connectivity index (χ0v) is 11.7. The summed E-state index contributed by atoms with van der Waals surface area (Å²) in [6.07, 6.45) is -4.49. The van der Waals surface area contributed by atoms with Gasteiger partial charge in [0.1, 0.15) is 12.4 Å². The molecule has 0 heterocycles. The van der Waals surface area contributed by atoms with E-state index in [9.17, 15) is 13.2 Å². The summed E-state index contributed by atoms with van der Waals surface area (Å²) < 4.78 is 44.8. The summed E-state index contributed by atoms with van der Waals surface area (Å²) in [5, 5.41) is 0.379. The molecule has 0 aliphatic rings. The summed E-state index contributed by atoms with van der Waals surface area (Å²) in [5.74, 6) is 0.138. The van der Waals surface area contributed by atoms with E-state index in [2.05, 4.69) is 0 Å². The lowest BCUT2D eigenvalue weighted by Crippen LogP contribution is -2.12. The fourth-order valence-electron chi connectivity index (χ4n) is 1.93. The van der Waals surface area contributed by atoms with Crippen LogP contribution in [0.3, 0.4) is 0 Å². The van der Waals surface area contributed by atoms with E-state index in [1.807, 2.05) is 0 Å². The van der Waals surface area contributed by atoms with Gasteiger partial charge in [-0.05, 0) is 35.4 Å². The standard InChI is InChI=1S/C15H13ClF3NO/c16-11-3-1-2-10(8-11)13-5-4-12(21-7-6-20)9-14(13)15(17,18)19/h1-5,8-9H,6-7,20H2. The zero-order chi connectivity index (χ0) is 15.5. The quantitative estimate of drug-likeness (QED) is 0.909. The second-order valence-electron chi connectivity index (χ2n) is 4.35. The Morgan fingerprint density at radius 1 is 1.10 bits per heavy atom. The van der Waals surface area contributed by atoms with Gasteiger partial charge in [-0.1, -0.05) is 29.8 Å². The third-order valence-corrected chi connectivity index (χ3v) is 3.05. The fourth-order valence-corrected chi connectivity index (χ4v) is 2.12. The fraction of sp³-hybridized carbons (Fsp3) is 0.200. The third-order valence-electron chi connectivity index (χ3n) is 2.82. The van der Waals surface area contributed by atoms with Crippen LogP contribution < -0.4 is 10.5 Å². The minimum atomic E-state index is -4.49. The summed E-state index contributed by atoms with van der Waals surface area (Å²) >= 11 is 5.84. The Balaban J connectivity index is 2.50. The highest BCUT2D eigenvalue weighted by Gasteiger charge is 2.34. The highest BCUT2D eigenvalue weighted by Crippen LogP contribution is 2.39. The van der Waals surface area contributed by atoms with Gasteiger partial charge >= 0.3 is 6.18 Å². The molecule has 112 valence electrons. The normalized spacial score (nSPS) is 11.5. The van der Waals surface area contributed by atoms with Crippen LogP contribution in [-0.4, -0.2) is 13.2 Å². The molecular weight excluding hydrogens is 303 g/mol. The number of hydrogen-bond donors (Lipinski definition) is 1. The molecule has 2 nitrogen and oxygen atoms in total. The third kappa shape index (κ3) is 3.89. The molecule has 21 heavy (non-hydrogen) atoms. The molecule has 2 N–H and O–H groups in total. The van der Waals surface area contributed by atoms with E-state index in [0.717, 1.165) is 6.07 Å². The highest BCUT2D eigenvalue weighted by molar-refractivity contribution is 6.30. The van der Waals surface area contributed by atoms with Gasteiger partial charge in [0.15, 0.2) is 0 Å². The van der Waals surface area contributed by atoms with Crippen molar-refractivity contribution in [2.45, 2.75) is 6.18 Å². The molecule has 0 aliphatic heterocycles. The average molecular weight is 316 g/mol. The van der Waals surface area contributed by atoms with Crippen LogP contribution in [-0.2, 0) is 6.18 Å². The molecule has 0 bridgehead atoms. The highest BCUT2D eigenvalue weighted by atomic mass is 35.5. The minimum absolute atomic E-state index is 0.0603. The average Bonchev–Trinajstić information content (AvgIpc) is 2.44. The molecule has 2 rings (SSSR count). The number of ether oxygens (including phenoxy) is 1. The van der Waals surface area contributed by atoms with Crippen molar-refractivity contribution in [1.29, 1.82) is 0 Å². The van der Waals surface area contributed by atoms with Gasteiger partial charge in [0.2, 0.25) is 0 Å². The van der Waals surface area contributed by atoms with Gasteiger partial charge in [-0.15, -0.1) is 0 Å². The zero-order valence-electron chi connectivity index (χ0n) is 11.0. The molecule has 0 atom stereocenters. The Morgan fingerprint density at radius 3 is 2.48 bits per heavy atom. The summed E-state index contributed by atoms with van der Waals surface area (Å²) in [6, 6.07) is 10.1. The van der Waals surface area contributed by atoms with E-state index in [-0.39, 0.29) is 24.5 Å². The molecule has 0 aromatic heterocycles. The monoisotopic (exact) mass is 315 g/mol. The Morgan fingerprint density at radius 2 is 1.86 bits per heavy atom. The minimum Gasteiger partial charge on any atom is -0.492 e. The molecule has 0 unspecified atom stereocenters. The van der Waals surface area contributed by atoms with Crippen molar-refractivity contribution in [2.75, 3.05) is 13.2 Å². The smallest absolute Gasteiger partial charge is 0.417 e. The number of alkyl halides is 3. The van der Waals surface area contributed by atoms with E-state index < -0.39 is 11.7 Å². The first-order chi connectivity index (χ1) is 9.91. The Kier molecular flexibility index (Phi) is 4.75. The first kappa shape index (κ1) is 15.7. The van der Waals surface area contributed by atoms with Crippen molar-refractivity contribution in [3.05, 3.63) is 53.1 Å². The van der Waals surface area contributed by atoms with Gasteiger partial charge < -0.3 is 10.5 Å². The van der Waals surface area contributed by atoms with E-state index in [1.54, 1.807) is 18.2 Å². The molecule has 0 saturated carbocycles. The van der Waals surface area contributed by atoms with E-state index in [1.165, 1.54) is 18.2 Å². The van der Waals surface area contributed by atoms with Crippen molar-refractivity contribution < 1.29 is 17.9 Å². The van der Waals surface area contributed by atoms with Gasteiger partial charge in [-0.25, -0.2) is 0 Å². The number of benzene rings is 2. The topological polar surface area (TPSA) is 35.2 Å². The molecule has 2 aromatic rings. The SMILES string of the molecule is NCCOc1ccc(-c2cccc(Cl)c2)c(C(F)(F)F)c1. The molecule has 0 amide bonds. The lowest BCUT2D eigenvalue weighted by Gasteiger charge is -2.15. The number of halogens is 4. The van der Waals surface area contributed by atoms with E-state index in [0.29, 0.717) is 10.6 Å². The van der Waals surface area contributed by atoms with Crippen molar-refractivity contribution >= 4 is 11.6 Å². The van der Waals surface area contributed by atoms with E-state index in [4.69, 9.17) is 22.1 Å². The second-order valence-corrected chi connectivity index (χ2v) is 4.79. The van der Waals surface area contributed by atoms with Crippen molar-refractivity contribution in [3.8, 4) is 16.9 Å². The van der Waals surface area contributed by atoms with Crippen LogP contribution in [0.25, 0.3) is 11.1 Å².